The predicted molar refractivity (Wildman–Crippen MR) is 140 cm³/mol. The van der Waals surface area contributed by atoms with E-state index in [0.29, 0.717) is 22.6 Å². The first-order valence-electron chi connectivity index (χ1n) is 12.3. The fourth-order valence-corrected chi connectivity index (χ4v) is 4.12. The second kappa shape index (κ2) is 11.6. The van der Waals surface area contributed by atoms with Crippen molar-refractivity contribution in [3.63, 3.8) is 0 Å². The first-order valence-corrected chi connectivity index (χ1v) is 12.3. The summed E-state index contributed by atoms with van der Waals surface area (Å²) in [6, 6.07) is 22.4. The molecular formula is C29H31N3O5. The van der Waals surface area contributed by atoms with Crippen molar-refractivity contribution in [2.45, 2.75) is 45.0 Å². The summed E-state index contributed by atoms with van der Waals surface area (Å²) in [5.74, 6) is 0.140. The average Bonchev–Trinajstić information content (AvgIpc) is 3.25. The number of ether oxygens (including phenoxy) is 2. The molecule has 0 aromatic heterocycles. The van der Waals surface area contributed by atoms with E-state index in [-0.39, 0.29) is 24.4 Å². The van der Waals surface area contributed by atoms with Crippen LogP contribution in [0.1, 0.15) is 47.9 Å². The van der Waals surface area contributed by atoms with Crippen LogP contribution in [0.25, 0.3) is 0 Å². The van der Waals surface area contributed by atoms with Crippen LogP contribution >= 0.6 is 0 Å². The predicted octanol–water partition coefficient (Wildman–Crippen LogP) is 4.92. The van der Waals surface area contributed by atoms with Crippen molar-refractivity contribution in [2.24, 2.45) is 0 Å². The number of nitrogens with zero attached hydrogens (tertiary/aromatic N) is 1. The Balaban J connectivity index is 1.53. The fraction of sp³-hybridized carbons (Fsp3) is 0.276. The Morgan fingerprint density at radius 3 is 2.30 bits per heavy atom. The van der Waals surface area contributed by atoms with Gasteiger partial charge >= 0.3 is 6.09 Å². The molecule has 0 bridgehead atoms. The second-order valence-corrected chi connectivity index (χ2v) is 8.99. The van der Waals surface area contributed by atoms with Crippen molar-refractivity contribution in [1.29, 1.82) is 0 Å². The Hall–Kier alpha value is -4.33. The van der Waals surface area contributed by atoms with Gasteiger partial charge in [0, 0.05) is 17.3 Å². The first-order chi connectivity index (χ1) is 17.9. The number of amides is 3. The van der Waals surface area contributed by atoms with E-state index in [2.05, 4.69) is 10.6 Å². The lowest BCUT2D eigenvalue weighted by Crippen LogP contribution is -2.48. The molecule has 1 aliphatic heterocycles. The molecule has 3 amide bonds. The molecule has 1 fully saturated rings. The van der Waals surface area contributed by atoms with Crippen LogP contribution in [0.5, 0.6) is 5.75 Å². The quantitative estimate of drug-likeness (QED) is 0.434. The molecule has 0 spiro atoms. The summed E-state index contributed by atoms with van der Waals surface area (Å²) in [6.07, 6.45) is -0.569. The topological polar surface area (TPSA) is 97.0 Å². The molecule has 8 heteroatoms. The number of hydrogen-bond acceptors (Lipinski definition) is 5. The Morgan fingerprint density at radius 2 is 1.68 bits per heavy atom. The van der Waals surface area contributed by atoms with E-state index in [9.17, 15) is 14.4 Å². The van der Waals surface area contributed by atoms with E-state index in [1.807, 2.05) is 44.2 Å². The largest absolute Gasteiger partial charge is 0.497 e. The maximum Gasteiger partial charge on any atom is 0.411 e. The van der Waals surface area contributed by atoms with Crippen LogP contribution < -0.4 is 15.4 Å². The molecule has 3 atom stereocenters. The number of carbonyl (C=O) groups is 3. The van der Waals surface area contributed by atoms with Crippen molar-refractivity contribution in [3.8, 4) is 5.75 Å². The van der Waals surface area contributed by atoms with Gasteiger partial charge in [-0.2, -0.15) is 0 Å². The van der Waals surface area contributed by atoms with Crippen LogP contribution in [-0.4, -0.2) is 42.0 Å². The monoisotopic (exact) mass is 501 g/mol. The van der Waals surface area contributed by atoms with Crippen molar-refractivity contribution >= 4 is 23.6 Å². The molecule has 0 radical (unpaired) electrons. The molecule has 2 N–H and O–H groups in total. The Labute approximate surface area is 216 Å². The third kappa shape index (κ3) is 6.09. The zero-order valence-corrected chi connectivity index (χ0v) is 21.1. The Bertz CT molecular complexity index is 1230. The highest BCUT2D eigenvalue weighted by atomic mass is 16.6. The number of methoxy groups -OCH3 is 1. The van der Waals surface area contributed by atoms with Crippen molar-refractivity contribution in [2.75, 3.05) is 12.4 Å². The van der Waals surface area contributed by atoms with E-state index < -0.39 is 18.2 Å². The van der Waals surface area contributed by atoms with E-state index in [1.165, 1.54) is 4.90 Å². The Morgan fingerprint density at radius 1 is 1.00 bits per heavy atom. The third-order valence-corrected chi connectivity index (χ3v) is 6.40. The minimum Gasteiger partial charge on any atom is -0.497 e. The van der Waals surface area contributed by atoms with Crippen LogP contribution in [0.3, 0.4) is 0 Å². The van der Waals surface area contributed by atoms with E-state index >= 15 is 0 Å². The van der Waals surface area contributed by atoms with E-state index in [4.69, 9.17) is 9.47 Å². The van der Waals surface area contributed by atoms with Crippen molar-refractivity contribution in [1.82, 2.24) is 10.2 Å². The van der Waals surface area contributed by atoms with Crippen LogP contribution in [0.2, 0.25) is 0 Å². The number of hydrogen-bond donors (Lipinski definition) is 2. The summed E-state index contributed by atoms with van der Waals surface area (Å²) >= 11 is 0. The molecule has 4 rings (SSSR count). The molecule has 192 valence electrons. The summed E-state index contributed by atoms with van der Waals surface area (Å²) in [5.41, 5.74) is 2.64. The maximum atomic E-state index is 13.3. The maximum absolute atomic E-state index is 13.3. The van der Waals surface area contributed by atoms with Gasteiger partial charge < -0.3 is 20.1 Å². The molecule has 0 saturated carbocycles. The lowest BCUT2D eigenvalue weighted by atomic mass is 10.00. The van der Waals surface area contributed by atoms with E-state index in [1.54, 1.807) is 55.6 Å². The van der Waals surface area contributed by atoms with Gasteiger partial charge in [-0.1, -0.05) is 49.4 Å². The van der Waals surface area contributed by atoms with Gasteiger partial charge in [0.1, 0.15) is 5.75 Å². The number of nitrogens with one attached hydrogen (secondary N) is 2. The SMILES string of the molecule is CCC(C)NC(=O)C1C(c2ccc(NC(=O)c3ccc(OC)cc3)cc2)OC(=O)N1Cc1ccccc1. The molecular weight excluding hydrogens is 470 g/mol. The van der Waals surface area contributed by atoms with E-state index in [0.717, 1.165) is 12.0 Å². The fourth-order valence-electron chi connectivity index (χ4n) is 4.12. The van der Waals surface area contributed by atoms with Gasteiger partial charge in [0.15, 0.2) is 12.1 Å². The van der Waals surface area contributed by atoms with Crippen LogP contribution in [0.4, 0.5) is 10.5 Å². The lowest BCUT2D eigenvalue weighted by Gasteiger charge is -2.25. The second-order valence-electron chi connectivity index (χ2n) is 8.99. The number of rotatable bonds is 9. The number of anilines is 1. The van der Waals surface area contributed by atoms with Gasteiger partial charge in [-0.15, -0.1) is 0 Å². The highest BCUT2D eigenvalue weighted by Gasteiger charge is 2.47. The number of cyclic esters (lactones) is 1. The van der Waals surface area contributed by atoms with Crippen molar-refractivity contribution in [3.05, 3.63) is 95.6 Å². The van der Waals surface area contributed by atoms with Gasteiger partial charge in [-0.25, -0.2) is 4.79 Å². The molecule has 3 aromatic carbocycles. The third-order valence-electron chi connectivity index (χ3n) is 6.40. The van der Waals surface area contributed by atoms with Gasteiger partial charge in [0.2, 0.25) is 5.91 Å². The minimum atomic E-state index is -0.832. The van der Waals surface area contributed by atoms with Crippen LogP contribution in [0, 0.1) is 0 Å². The minimum absolute atomic E-state index is 0.0435. The summed E-state index contributed by atoms with van der Waals surface area (Å²) < 4.78 is 10.9. The zero-order valence-electron chi connectivity index (χ0n) is 21.1. The molecule has 0 aliphatic carbocycles. The zero-order chi connectivity index (χ0) is 26.4. The first kappa shape index (κ1) is 25.8. The highest BCUT2D eigenvalue weighted by Crippen LogP contribution is 2.34. The summed E-state index contributed by atoms with van der Waals surface area (Å²) in [5, 5.41) is 5.85. The van der Waals surface area contributed by atoms with Crippen LogP contribution in [-0.2, 0) is 16.1 Å². The number of carbonyl (C=O) groups excluding carboxylic acids is 3. The van der Waals surface area contributed by atoms with Gasteiger partial charge in [-0.05, 0) is 60.9 Å². The van der Waals surface area contributed by atoms with Gasteiger partial charge in [-0.3, -0.25) is 14.5 Å². The molecule has 3 aromatic rings. The Kier molecular flexibility index (Phi) is 8.08. The smallest absolute Gasteiger partial charge is 0.411 e. The van der Waals surface area contributed by atoms with Crippen LogP contribution in [0.15, 0.2) is 78.9 Å². The number of benzene rings is 3. The standard InChI is InChI=1S/C29H31N3O5/c1-4-19(2)30-28(34)25-26(37-29(35)32(25)18-20-8-6-5-7-9-20)21-10-14-23(15-11-21)31-27(33)22-12-16-24(36-3)17-13-22/h5-17,19,25-26H,4,18H2,1-3H3,(H,30,34)(H,31,33). The molecule has 1 saturated heterocycles. The normalized spacial score (nSPS) is 17.6. The van der Waals surface area contributed by atoms with Gasteiger partial charge in [0.25, 0.3) is 5.91 Å². The molecule has 1 aliphatic rings. The molecule has 3 unspecified atom stereocenters. The summed E-state index contributed by atoms with van der Waals surface area (Å²) in [4.78, 5) is 40.3. The van der Waals surface area contributed by atoms with Gasteiger partial charge in [0.05, 0.1) is 13.7 Å². The van der Waals surface area contributed by atoms with Crippen molar-refractivity contribution < 1.29 is 23.9 Å². The summed E-state index contributed by atoms with van der Waals surface area (Å²) in [7, 11) is 1.57. The molecule has 1 heterocycles. The molecule has 8 nitrogen and oxygen atoms in total. The lowest BCUT2D eigenvalue weighted by molar-refractivity contribution is -0.127. The molecule has 37 heavy (non-hydrogen) atoms. The average molecular weight is 502 g/mol. The summed E-state index contributed by atoms with van der Waals surface area (Å²) in [6.45, 7) is 4.16. The highest BCUT2D eigenvalue weighted by molar-refractivity contribution is 6.04.